The lowest BCUT2D eigenvalue weighted by molar-refractivity contribution is -0.127. The zero-order chi connectivity index (χ0) is 17.5. The van der Waals surface area contributed by atoms with Crippen LogP contribution in [0.25, 0.3) is 0 Å². The van der Waals surface area contributed by atoms with Crippen molar-refractivity contribution >= 4 is 11.8 Å². The molecule has 0 spiro atoms. The summed E-state index contributed by atoms with van der Waals surface area (Å²) < 4.78 is 0. The molecular weight excluding hydrogens is 292 g/mol. The van der Waals surface area contributed by atoms with E-state index < -0.39 is 6.10 Å². The van der Waals surface area contributed by atoms with E-state index in [1.807, 2.05) is 58.0 Å². The fraction of sp³-hybridized carbons (Fsp3) is 0.556. The zero-order valence-corrected chi connectivity index (χ0v) is 14.4. The minimum absolute atomic E-state index is 0.0410. The Labute approximate surface area is 138 Å². The average molecular weight is 320 g/mol. The van der Waals surface area contributed by atoms with Crippen molar-refractivity contribution in [1.82, 2.24) is 10.6 Å². The normalized spacial score (nSPS) is 14.0. The number of aliphatic hydroxyl groups excluding tert-OH is 1. The molecule has 0 bridgehead atoms. The van der Waals surface area contributed by atoms with Crippen LogP contribution in [0.1, 0.15) is 52.2 Å². The van der Waals surface area contributed by atoms with Crippen LogP contribution in [0.2, 0.25) is 0 Å². The molecule has 2 amide bonds. The molecule has 0 aromatic heterocycles. The standard InChI is InChI=1S/C18H28N2O3/c1-13(10-15(21)14-8-6-5-7-9-14)20-17(23)12-19-16(22)11-18(2,3)4/h5-9,13,15,21H,10-12H2,1-4H3,(H,19,22)(H,20,23). The highest BCUT2D eigenvalue weighted by molar-refractivity contribution is 5.84. The van der Waals surface area contributed by atoms with Crippen molar-refractivity contribution in [3.8, 4) is 0 Å². The summed E-state index contributed by atoms with van der Waals surface area (Å²) in [5.41, 5.74) is 0.722. The van der Waals surface area contributed by atoms with Gasteiger partial charge in [0.15, 0.2) is 0 Å². The van der Waals surface area contributed by atoms with Crippen molar-refractivity contribution in [3.63, 3.8) is 0 Å². The van der Waals surface area contributed by atoms with Gasteiger partial charge >= 0.3 is 0 Å². The highest BCUT2D eigenvalue weighted by Crippen LogP contribution is 2.18. The van der Waals surface area contributed by atoms with Crippen LogP contribution in [-0.2, 0) is 9.59 Å². The van der Waals surface area contributed by atoms with Crippen molar-refractivity contribution in [2.75, 3.05) is 6.54 Å². The van der Waals surface area contributed by atoms with Gasteiger partial charge in [-0.1, -0.05) is 51.1 Å². The number of hydrogen-bond donors (Lipinski definition) is 3. The molecule has 5 heteroatoms. The van der Waals surface area contributed by atoms with Crippen LogP contribution in [0.15, 0.2) is 30.3 Å². The Hall–Kier alpha value is -1.88. The smallest absolute Gasteiger partial charge is 0.239 e. The van der Waals surface area contributed by atoms with Gasteiger partial charge in [-0.15, -0.1) is 0 Å². The van der Waals surface area contributed by atoms with Gasteiger partial charge in [0.1, 0.15) is 0 Å². The van der Waals surface area contributed by atoms with E-state index >= 15 is 0 Å². The molecule has 128 valence electrons. The van der Waals surface area contributed by atoms with Gasteiger partial charge in [0.25, 0.3) is 0 Å². The molecule has 0 fully saturated rings. The van der Waals surface area contributed by atoms with E-state index in [2.05, 4.69) is 10.6 Å². The highest BCUT2D eigenvalue weighted by Gasteiger charge is 2.17. The average Bonchev–Trinajstić information content (AvgIpc) is 2.44. The number of amides is 2. The second-order valence-electron chi connectivity index (χ2n) is 7.14. The molecule has 3 N–H and O–H groups in total. The van der Waals surface area contributed by atoms with Crippen molar-refractivity contribution in [2.45, 2.75) is 52.7 Å². The molecule has 1 rings (SSSR count). The minimum atomic E-state index is -0.623. The van der Waals surface area contributed by atoms with Gasteiger partial charge in [-0.2, -0.15) is 0 Å². The molecular formula is C18H28N2O3. The van der Waals surface area contributed by atoms with Crippen LogP contribution in [0.5, 0.6) is 0 Å². The molecule has 1 aromatic carbocycles. The van der Waals surface area contributed by atoms with Crippen LogP contribution in [-0.4, -0.2) is 29.5 Å². The van der Waals surface area contributed by atoms with Gasteiger partial charge in [0.05, 0.1) is 12.6 Å². The van der Waals surface area contributed by atoms with E-state index in [0.29, 0.717) is 12.8 Å². The Bertz CT molecular complexity index is 509. The molecule has 23 heavy (non-hydrogen) atoms. The molecule has 2 unspecified atom stereocenters. The second-order valence-corrected chi connectivity index (χ2v) is 7.14. The molecule has 0 aliphatic rings. The Morgan fingerprint density at radius 3 is 2.30 bits per heavy atom. The van der Waals surface area contributed by atoms with E-state index in [1.54, 1.807) is 0 Å². The molecule has 5 nitrogen and oxygen atoms in total. The third-order valence-corrected chi connectivity index (χ3v) is 3.31. The number of carbonyl (C=O) groups excluding carboxylic acids is 2. The summed E-state index contributed by atoms with van der Waals surface area (Å²) >= 11 is 0. The zero-order valence-electron chi connectivity index (χ0n) is 14.4. The maximum atomic E-state index is 11.8. The number of hydrogen-bond acceptors (Lipinski definition) is 3. The van der Waals surface area contributed by atoms with Crippen molar-refractivity contribution in [2.24, 2.45) is 5.41 Å². The molecule has 0 saturated carbocycles. The molecule has 0 radical (unpaired) electrons. The summed E-state index contributed by atoms with van der Waals surface area (Å²) in [6.45, 7) is 7.71. The van der Waals surface area contributed by atoms with E-state index in [1.165, 1.54) is 0 Å². The first-order valence-corrected chi connectivity index (χ1v) is 7.96. The molecule has 2 atom stereocenters. The molecule has 0 heterocycles. The summed E-state index contributed by atoms with van der Waals surface area (Å²) in [5.74, 6) is -0.385. The lowest BCUT2D eigenvalue weighted by Gasteiger charge is -2.19. The topological polar surface area (TPSA) is 78.4 Å². The van der Waals surface area contributed by atoms with Crippen molar-refractivity contribution in [1.29, 1.82) is 0 Å². The fourth-order valence-corrected chi connectivity index (χ4v) is 2.25. The summed E-state index contributed by atoms with van der Waals surface area (Å²) in [5, 5.41) is 15.5. The summed E-state index contributed by atoms with van der Waals surface area (Å²) in [6.07, 6.45) is 0.177. The van der Waals surface area contributed by atoms with Gasteiger partial charge in [-0.3, -0.25) is 9.59 Å². The van der Waals surface area contributed by atoms with E-state index in [4.69, 9.17) is 0 Å². The number of carbonyl (C=O) groups is 2. The summed E-state index contributed by atoms with van der Waals surface area (Å²) in [6, 6.07) is 9.15. The lowest BCUT2D eigenvalue weighted by Crippen LogP contribution is -2.42. The van der Waals surface area contributed by atoms with Gasteiger partial charge in [-0.05, 0) is 24.3 Å². The Morgan fingerprint density at radius 1 is 1.13 bits per heavy atom. The predicted octanol–water partition coefficient (Wildman–Crippen LogP) is 2.17. The number of nitrogens with one attached hydrogen (secondary N) is 2. The van der Waals surface area contributed by atoms with Gasteiger partial charge in [-0.25, -0.2) is 0 Å². The van der Waals surface area contributed by atoms with Crippen LogP contribution < -0.4 is 10.6 Å². The van der Waals surface area contributed by atoms with Gasteiger partial charge in [0, 0.05) is 12.5 Å². The molecule has 0 aliphatic carbocycles. The number of benzene rings is 1. The Balaban J connectivity index is 2.32. The van der Waals surface area contributed by atoms with Gasteiger partial charge in [0.2, 0.25) is 11.8 Å². The SMILES string of the molecule is CC(CC(O)c1ccccc1)NC(=O)CNC(=O)CC(C)(C)C. The van der Waals surface area contributed by atoms with Crippen LogP contribution in [0.4, 0.5) is 0 Å². The van der Waals surface area contributed by atoms with E-state index in [-0.39, 0.29) is 29.8 Å². The van der Waals surface area contributed by atoms with Gasteiger partial charge < -0.3 is 15.7 Å². The Kier molecular flexibility index (Phi) is 7.23. The van der Waals surface area contributed by atoms with E-state index in [0.717, 1.165) is 5.56 Å². The van der Waals surface area contributed by atoms with Crippen molar-refractivity contribution < 1.29 is 14.7 Å². The molecule has 1 aromatic rings. The van der Waals surface area contributed by atoms with Crippen LogP contribution >= 0.6 is 0 Å². The minimum Gasteiger partial charge on any atom is -0.388 e. The Morgan fingerprint density at radius 2 is 1.74 bits per heavy atom. The first-order chi connectivity index (χ1) is 10.7. The van der Waals surface area contributed by atoms with Crippen LogP contribution in [0, 0.1) is 5.41 Å². The molecule has 0 aliphatic heterocycles. The quantitative estimate of drug-likeness (QED) is 0.720. The molecule has 0 saturated heterocycles. The highest BCUT2D eigenvalue weighted by atomic mass is 16.3. The lowest BCUT2D eigenvalue weighted by atomic mass is 9.92. The monoisotopic (exact) mass is 320 g/mol. The predicted molar refractivity (Wildman–Crippen MR) is 90.7 cm³/mol. The third-order valence-electron chi connectivity index (χ3n) is 3.31. The first-order valence-electron chi connectivity index (χ1n) is 7.96. The third kappa shape index (κ3) is 8.35. The largest absolute Gasteiger partial charge is 0.388 e. The van der Waals surface area contributed by atoms with Crippen molar-refractivity contribution in [3.05, 3.63) is 35.9 Å². The van der Waals surface area contributed by atoms with Crippen LogP contribution in [0.3, 0.4) is 0 Å². The number of aliphatic hydroxyl groups is 1. The summed E-state index contributed by atoms with van der Waals surface area (Å²) in [7, 11) is 0. The summed E-state index contributed by atoms with van der Waals surface area (Å²) in [4.78, 5) is 23.5. The number of rotatable bonds is 7. The maximum Gasteiger partial charge on any atom is 0.239 e. The maximum absolute atomic E-state index is 11.8. The first kappa shape index (κ1) is 19.2. The second kappa shape index (κ2) is 8.67. The van der Waals surface area contributed by atoms with E-state index in [9.17, 15) is 14.7 Å². The fourth-order valence-electron chi connectivity index (χ4n) is 2.25.